The second kappa shape index (κ2) is 4.67. The van der Waals surface area contributed by atoms with Crippen LogP contribution in [0.15, 0.2) is 30.3 Å². The summed E-state index contributed by atoms with van der Waals surface area (Å²) in [6.45, 7) is 4.68. The number of nitrogens with zero attached hydrogens (tertiary/aromatic N) is 1. The van der Waals surface area contributed by atoms with E-state index in [0.29, 0.717) is 18.4 Å². The van der Waals surface area contributed by atoms with Crippen LogP contribution in [0.1, 0.15) is 13.3 Å². The summed E-state index contributed by atoms with van der Waals surface area (Å²) in [4.78, 5) is 2.38. The van der Waals surface area contributed by atoms with Crippen LogP contribution in [0.25, 0.3) is 0 Å². The zero-order valence-electron chi connectivity index (χ0n) is 9.26. The largest absolute Gasteiger partial charge is 0.396 e. The lowest BCUT2D eigenvalue weighted by atomic mass is 9.91. The first-order chi connectivity index (χ1) is 7.29. The number of benzene rings is 1. The van der Waals surface area contributed by atoms with Gasteiger partial charge in [0.2, 0.25) is 0 Å². The molecule has 0 saturated carbocycles. The molecule has 0 radical (unpaired) electrons. The van der Waals surface area contributed by atoms with E-state index < -0.39 is 0 Å². The molecule has 82 valence electrons. The summed E-state index contributed by atoms with van der Waals surface area (Å²) in [7, 11) is 0. The molecule has 2 nitrogen and oxygen atoms in total. The molecule has 1 aliphatic heterocycles. The molecular formula is C13H19NO. The summed E-state index contributed by atoms with van der Waals surface area (Å²) in [5.41, 5.74) is 1.28. The summed E-state index contributed by atoms with van der Waals surface area (Å²) in [5.74, 6) is 1.12. The van der Waals surface area contributed by atoms with Gasteiger partial charge in [0, 0.05) is 25.4 Å². The van der Waals surface area contributed by atoms with Gasteiger partial charge in [-0.15, -0.1) is 0 Å². The van der Waals surface area contributed by atoms with Crippen LogP contribution >= 0.6 is 0 Å². The highest BCUT2D eigenvalue weighted by molar-refractivity contribution is 5.46. The fourth-order valence-electron chi connectivity index (χ4n) is 2.46. The Hall–Kier alpha value is -1.02. The number of aliphatic hydroxyl groups excluding tert-OH is 1. The van der Waals surface area contributed by atoms with Crippen LogP contribution in [0, 0.1) is 11.8 Å². The van der Waals surface area contributed by atoms with Gasteiger partial charge in [0.15, 0.2) is 0 Å². The molecule has 1 saturated heterocycles. The molecule has 2 rings (SSSR count). The lowest BCUT2D eigenvalue weighted by molar-refractivity contribution is 0.189. The van der Waals surface area contributed by atoms with Crippen molar-refractivity contribution in [3.8, 4) is 0 Å². The van der Waals surface area contributed by atoms with Gasteiger partial charge in [0.1, 0.15) is 0 Å². The number of anilines is 1. The van der Waals surface area contributed by atoms with Crippen molar-refractivity contribution in [2.75, 3.05) is 24.6 Å². The molecular weight excluding hydrogens is 186 g/mol. The predicted molar refractivity (Wildman–Crippen MR) is 63.0 cm³/mol. The number of piperidine rings is 1. The predicted octanol–water partition coefficient (Wildman–Crippen LogP) is 2.14. The topological polar surface area (TPSA) is 23.5 Å². The standard InChI is InChI=1S/C13H19NO/c1-11-7-12(10-15)9-14(8-11)13-5-3-2-4-6-13/h2-6,11-12,15H,7-10H2,1H3. The van der Waals surface area contributed by atoms with Crippen LogP contribution in [0.4, 0.5) is 5.69 Å². The molecule has 1 heterocycles. The molecule has 1 N–H and O–H groups in total. The smallest absolute Gasteiger partial charge is 0.0476 e. The van der Waals surface area contributed by atoms with E-state index in [4.69, 9.17) is 0 Å². The zero-order valence-corrected chi connectivity index (χ0v) is 9.26. The first-order valence-electron chi connectivity index (χ1n) is 5.70. The SMILES string of the molecule is CC1CC(CO)CN(c2ccccc2)C1. The van der Waals surface area contributed by atoms with Crippen molar-refractivity contribution >= 4 is 5.69 Å². The minimum atomic E-state index is 0.313. The quantitative estimate of drug-likeness (QED) is 0.799. The normalized spacial score (nSPS) is 26.7. The van der Waals surface area contributed by atoms with Crippen molar-refractivity contribution in [3.05, 3.63) is 30.3 Å². The summed E-state index contributed by atoms with van der Waals surface area (Å²) >= 11 is 0. The average Bonchev–Trinajstić information content (AvgIpc) is 2.29. The van der Waals surface area contributed by atoms with E-state index in [1.807, 2.05) is 6.07 Å². The Morgan fingerprint density at radius 3 is 2.67 bits per heavy atom. The summed E-state index contributed by atoms with van der Waals surface area (Å²) in [5, 5.41) is 9.25. The van der Waals surface area contributed by atoms with E-state index in [2.05, 4.69) is 36.1 Å². The van der Waals surface area contributed by atoms with Gasteiger partial charge in [0.25, 0.3) is 0 Å². The van der Waals surface area contributed by atoms with Crippen LogP contribution in [0.3, 0.4) is 0 Å². The average molecular weight is 205 g/mol. The fourth-order valence-corrected chi connectivity index (χ4v) is 2.46. The monoisotopic (exact) mass is 205 g/mol. The maximum atomic E-state index is 9.25. The first kappa shape index (κ1) is 10.5. The van der Waals surface area contributed by atoms with Crippen LogP contribution in [-0.4, -0.2) is 24.8 Å². The van der Waals surface area contributed by atoms with Crippen molar-refractivity contribution in [3.63, 3.8) is 0 Å². The van der Waals surface area contributed by atoms with Crippen LogP contribution in [0.2, 0.25) is 0 Å². The Kier molecular flexibility index (Phi) is 3.27. The molecule has 2 unspecified atom stereocenters. The van der Waals surface area contributed by atoms with E-state index >= 15 is 0 Å². The minimum Gasteiger partial charge on any atom is -0.396 e. The Labute approximate surface area is 91.5 Å². The van der Waals surface area contributed by atoms with Crippen molar-refractivity contribution < 1.29 is 5.11 Å². The van der Waals surface area contributed by atoms with Gasteiger partial charge in [-0.3, -0.25) is 0 Å². The van der Waals surface area contributed by atoms with Gasteiger partial charge in [-0.1, -0.05) is 25.1 Å². The van der Waals surface area contributed by atoms with Crippen molar-refractivity contribution in [1.29, 1.82) is 0 Å². The fraction of sp³-hybridized carbons (Fsp3) is 0.538. The van der Waals surface area contributed by atoms with Gasteiger partial charge in [-0.05, 0) is 30.4 Å². The van der Waals surface area contributed by atoms with E-state index in [1.165, 1.54) is 5.69 Å². The summed E-state index contributed by atoms with van der Waals surface area (Å²) < 4.78 is 0. The molecule has 0 spiro atoms. The van der Waals surface area contributed by atoms with Gasteiger partial charge >= 0.3 is 0 Å². The Morgan fingerprint density at radius 1 is 1.27 bits per heavy atom. The third-order valence-corrected chi connectivity index (χ3v) is 3.13. The molecule has 0 aliphatic carbocycles. The Morgan fingerprint density at radius 2 is 2.00 bits per heavy atom. The molecule has 0 amide bonds. The van der Waals surface area contributed by atoms with Crippen LogP contribution in [0.5, 0.6) is 0 Å². The molecule has 2 heteroatoms. The molecule has 0 bridgehead atoms. The minimum absolute atomic E-state index is 0.313. The maximum absolute atomic E-state index is 9.25. The Bertz CT molecular complexity index is 299. The first-order valence-corrected chi connectivity index (χ1v) is 5.70. The van der Waals surface area contributed by atoms with Gasteiger partial charge in [0.05, 0.1) is 0 Å². The van der Waals surface area contributed by atoms with E-state index in [0.717, 1.165) is 19.5 Å². The van der Waals surface area contributed by atoms with Gasteiger partial charge in [-0.2, -0.15) is 0 Å². The maximum Gasteiger partial charge on any atom is 0.0476 e. The van der Waals surface area contributed by atoms with E-state index in [9.17, 15) is 5.11 Å². The third-order valence-electron chi connectivity index (χ3n) is 3.13. The molecule has 1 aromatic carbocycles. The number of para-hydroxylation sites is 1. The summed E-state index contributed by atoms with van der Waals surface area (Å²) in [6.07, 6.45) is 1.15. The van der Waals surface area contributed by atoms with Crippen LogP contribution in [-0.2, 0) is 0 Å². The second-order valence-electron chi connectivity index (χ2n) is 4.63. The highest BCUT2D eigenvalue weighted by atomic mass is 16.3. The summed E-state index contributed by atoms with van der Waals surface area (Å²) in [6, 6.07) is 10.5. The Balaban J connectivity index is 2.09. The molecule has 15 heavy (non-hydrogen) atoms. The lowest BCUT2D eigenvalue weighted by Gasteiger charge is -2.37. The highest BCUT2D eigenvalue weighted by Crippen LogP contribution is 2.25. The van der Waals surface area contributed by atoms with E-state index in [1.54, 1.807) is 0 Å². The lowest BCUT2D eigenvalue weighted by Crippen LogP contribution is -2.40. The van der Waals surface area contributed by atoms with E-state index in [-0.39, 0.29) is 0 Å². The highest BCUT2D eigenvalue weighted by Gasteiger charge is 2.23. The van der Waals surface area contributed by atoms with Gasteiger partial charge < -0.3 is 10.0 Å². The molecule has 1 fully saturated rings. The molecule has 0 aromatic heterocycles. The number of rotatable bonds is 2. The third kappa shape index (κ3) is 2.51. The number of aliphatic hydroxyl groups is 1. The van der Waals surface area contributed by atoms with Gasteiger partial charge in [-0.25, -0.2) is 0 Å². The number of hydrogen-bond donors (Lipinski definition) is 1. The number of hydrogen-bond acceptors (Lipinski definition) is 2. The molecule has 1 aromatic rings. The van der Waals surface area contributed by atoms with Crippen LogP contribution < -0.4 is 4.90 Å². The zero-order chi connectivity index (χ0) is 10.7. The second-order valence-corrected chi connectivity index (χ2v) is 4.63. The van der Waals surface area contributed by atoms with Crippen molar-refractivity contribution in [2.45, 2.75) is 13.3 Å². The van der Waals surface area contributed by atoms with Crippen molar-refractivity contribution in [2.24, 2.45) is 11.8 Å². The molecule has 1 aliphatic rings. The molecule has 2 atom stereocenters. The van der Waals surface area contributed by atoms with Crippen molar-refractivity contribution in [1.82, 2.24) is 0 Å².